The Morgan fingerprint density at radius 3 is 2.89 bits per heavy atom. The first kappa shape index (κ1) is 17.3. The number of fused-ring (bicyclic) bond motifs is 3. The van der Waals surface area contributed by atoms with Crippen LogP contribution in [0.2, 0.25) is 0 Å². The summed E-state index contributed by atoms with van der Waals surface area (Å²) in [6.45, 7) is 3.04. The average molecular weight is 385 g/mol. The summed E-state index contributed by atoms with van der Waals surface area (Å²) in [4.78, 5) is 32.6. The molecule has 3 aromatic rings. The fourth-order valence-corrected chi connectivity index (χ4v) is 4.39. The van der Waals surface area contributed by atoms with Gasteiger partial charge in [-0.25, -0.2) is 9.78 Å². The lowest BCUT2D eigenvalue weighted by Crippen LogP contribution is -2.36. The van der Waals surface area contributed by atoms with Gasteiger partial charge in [-0.05, 0) is 31.0 Å². The Bertz CT molecular complexity index is 1060. The van der Waals surface area contributed by atoms with Crippen molar-refractivity contribution in [3.8, 4) is 0 Å². The number of benzene rings is 1. The second kappa shape index (κ2) is 6.92. The molecular formula is C18H19N5O3S. The molecule has 0 atom stereocenters. The summed E-state index contributed by atoms with van der Waals surface area (Å²) in [5.74, 6) is 6.28. The summed E-state index contributed by atoms with van der Waals surface area (Å²) in [5.41, 5.74) is 1.43. The van der Waals surface area contributed by atoms with Crippen molar-refractivity contribution < 1.29 is 9.53 Å². The number of nitrogens with one attached hydrogen (secondary N) is 1. The number of nitrogens with zero attached hydrogens (tertiary/aromatic N) is 3. The van der Waals surface area contributed by atoms with Gasteiger partial charge in [0.15, 0.2) is 0 Å². The zero-order chi connectivity index (χ0) is 19.0. The third-order valence-electron chi connectivity index (χ3n) is 4.46. The standard InChI is InChI=1S/C18H19N5O3S/c1-2-26-18(25)22-9-8-12-13(10-22)27-15-14(12)16(24)23(19)17(21-15)20-11-6-4-3-5-7-11/h3-7H,2,8-10,19H2,1H3,(H,20,21). The molecule has 0 bridgehead atoms. The highest BCUT2D eigenvalue weighted by atomic mass is 32.1. The summed E-state index contributed by atoms with van der Waals surface area (Å²) >= 11 is 1.42. The maximum atomic E-state index is 12.8. The average Bonchev–Trinajstić information content (AvgIpc) is 3.04. The molecule has 0 aliphatic carbocycles. The van der Waals surface area contributed by atoms with Crippen molar-refractivity contribution in [1.82, 2.24) is 14.6 Å². The molecule has 140 valence electrons. The molecule has 3 N–H and O–H groups in total. The van der Waals surface area contributed by atoms with Crippen LogP contribution >= 0.6 is 11.3 Å². The zero-order valence-electron chi connectivity index (χ0n) is 14.8. The highest BCUT2D eigenvalue weighted by Crippen LogP contribution is 2.33. The van der Waals surface area contributed by atoms with E-state index in [-0.39, 0.29) is 17.6 Å². The molecule has 9 heteroatoms. The number of amides is 1. The SMILES string of the molecule is CCOC(=O)N1CCc2c(sc3nc(Nc4ccccc4)n(N)c(=O)c23)C1. The van der Waals surface area contributed by atoms with Crippen molar-refractivity contribution in [3.05, 3.63) is 51.1 Å². The van der Waals surface area contributed by atoms with E-state index in [4.69, 9.17) is 10.6 Å². The largest absolute Gasteiger partial charge is 0.450 e. The number of para-hydroxylation sites is 1. The molecule has 1 aromatic carbocycles. The molecule has 0 radical (unpaired) electrons. The van der Waals surface area contributed by atoms with Crippen molar-refractivity contribution in [2.75, 3.05) is 24.3 Å². The van der Waals surface area contributed by atoms with Crippen LogP contribution in [0.4, 0.5) is 16.4 Å². The molecule has 3 heterocycles. The van der Waals surface area contributed by atoms with Gasteiger partial charge in [0, 0.05) is 17.1 Å². The van der Waals surface area contributed by atoms with Crippen LogP contribution in [0.25, 0.3) is 10.2 Å². The topological polar surface area (TPSA) is 102 Å². The van der Waals surface area contributed by atoms with E-state index in [1.807, 2.05) is 30.3 Å². The van der Waals surface area contributed by atoms with Crippen LogP contribution in [0.15, 0.2) is 35.1 Å². The van der Waals surface area contributed by atoms with Gasteiger partial charge >= 0.3 is 6.09 Å². The highest BCUT2D eigenvalue weighted by Gasteiger charge is 2.27. The highest BCUT2D eigenvalue weighted by molar-refractivity contribution is 7.18. The summed E-state index contributed by atoms with van der Waals surface area (Å²) in [5, 5.41) is 3.62. The normalized spacial score (nSPS) is 13.4. The Balaban J connectivity index is 1.72. The van der Waals surface area contributed by atoms with Crippen molar-refractivity contribution in [3.63, 3.8) is 0 Å². The molecule has 1 aliphatic heterocycles. The van der Waals surface area contributed by atoms with Gasteiger partial charge < -0.3 is 20.8 Å². The molecule has 1 amide bonds. The Kier molecular flexibility index (Phi) is 4.44. The predicted octanol–water partition coefficient (Wildman–Crippen LogP) is 2.43. The minimum atomic E-state index is -0.337. The lowest BCUT2D eigenvalue weighted by atomic mass is 10.1. The molecule has 0 saturated heterocycles. The monoisotopic (exact) mass is 385 g/mol. The molecule has 4 rings (SSSR count). The maximum Gasteiger partial charge on any atom is 0.410 e. The summed E-state index contributed by atoms with van der Waals surface area (Å²) in [6.07, 6.45) is 0.243. The van der Waals surface area contributed by atoms with Gasteiger partial charge in [-0.15, -0.1) is 11.3 Å². The smallest absolute Gasteiger partial charge is 0.410 e. The van der Waals surface area contributed by atoms with Gasteiger partial charge in [-0.1, -0.05) is 18.2 Å². The van der Waals surface area contributed by atoms with E-state index in [0.717, 1.165) is 20.8 Å². The van der Waals surface area contributed by atoms with Crippen molar-refractivity contribution in [1.29, 1.82) is 0 Å². The number of ether oxygens (including phenoxy) is 1. The number of rotatable bonds is 3. The van der Waals surface area contributed by atoms with Crippen LogP contribution in [0, 0.1) is 0 Å². The first-order valence-electron chi connectivity index (χ1n) is 8.64. The minimum Gasteiger partial charge on any atom is -0.450 e. The van der Waals surface area contributed by atoms with Crippen molar-refractivity contribution in [2.24, 2.45) is 0 Å². The summed E-state index contributed by atoms with van der Waals surface area (Å²) in [6, 6.07) is 9.40. The number of aromatic nitrogens is 2. The maximum absolute atomic E-state index is 12.8. The van der Waals surface area contributed by atoms with Gasteiger partial charge in [-0.3, -0.25) is 4.79 Å². The van der Waals surface area contributed by atoms with Crippen LogP contribution < -0.4 is 16.7 Å². The molecule has 1 aliphatic rings. The van der Waals surface area contributed by atoms with Gasteiger partial charge in [0.1, 0.15) is 4.83 Å². The molecule has 8 nitrogen and oxygen atoms in total. The first-order chi connectivity index (χ1) is 13.1. The van der Waals surface area contributed by atoms with Crippen LogP contribution in [-0.2, 0) is 17.7 Å². The number of hydrogen-bond donors (Lipinski definition) is 2. The third kappa shape index (κ3) is 3.10. The van der Waals surface area contributed by atoms with E-state index >= 15 is 0 Å². The number of carbonyl (C=O) groups is 1. The third-order valence-corrected chi connectivity index (χ3v) is 5.57. The summed E-state index contributed by atoms with van der Waals surface area (Å²) in [7, 11) is 0. The fourth-order valence-electron chi connectivity index (χ4n) is 3.16. The van der Waals surface area contributed by atoms with Crippen LogP contribution in [0.5, 0.6) is 0 Å². The second-order valence-corrected chi connectivity index (χ2v) is 7.24. The quantitative estimate of drug-likeness (QED) is 0.672. The van der Waals surface area contributed by atoms with Gasteiger partial charge in [0.25, 0.3) is 5.56 Å². The first-order valence-corrected chi connectivity index (χ1v) is 9.46. The fraction of sp³-hybridized carbons (Fsp3) is 0.278. The number of carbonyl (C=O) groups excluding carboxylic acids is 1. The zero-order valence-corrected chi connectivity index (χ0v) is 15.6. The summed E-state index contributed by atoms with van der Waals surface area (Å²) < 4.78 is 6.12. The van der Waals surface area contributed by atoms with E-state index in [1.165, 1.54) is 11.3 Å². The number of thiophene rings is 1. The van der Waals surface area contributed by atoms with E-state index < -0.39 is 0 Å². The second-order valence-electron chi connectivity index (χ2n) is 6.16. The number of nitrogen functional groups attached to an aromatic ring is 1. The molecular weight excluding hydrogens is 366 g/mol. The molecule has 0 saturated carbocycles. The van der Waals surface area contributed by atoms with Crippen LogP contribution in [-0.4, -0.2) is 33.8 Å². The molecule has 27 heavy (non-hydrogen) atoms. The van der Waals surface area contributed by atoms with E-state index in [1.54, 1.807) is 11.8 Å². The minimum absolute atomic E-state index is 0.277. The number of hydrogen-bond acceptors (Lipinski definition) is 7. The molecule has 0 fully saturated rings. The van der Waals surface area contributed by atoms with Gasteiger partial charge in [0.05, 0.1) is 18.5 Å². The Morgan fingerprint density at radius 1 is 1.37 bits per heavy atom. The number of nitrogens with two attached hydrogens (primary N) is 1. The Labute approximate surface area is 159 Å². The number of anilines is 2. The Hall–Kier alpha value is -3.07. The van der Waals surface area contributed by atoms with E-state index in [9.17, 15) is 9.59 Å². The Morgan fingerprint density at radius 2 is 2.15 bits per heavy atom. The lowest BCUT2D eigenvalue weighted by Gasteiger charge is -2.25. The van der Waals surface area contributed by atoms with E-state index in [0.29, 0.717) is 36.3 Å². The van der Waals surface area contributed by atoms with Crippen LogP contribution in [0.3, 0.4) is 0 Å². The lowest BCUT2D eigenvalue weighted by molar-refractivity contribution is 0.103. The molecule has 2 aromatic heterocycles. The predicted molar refractivity (Wildman–Crippen MR) is 105 cm³/mol. The van der Waals surface area contributed by atoms with Gasteiger partial charge in [-0.2, -0.15) is 4.68 Å². The van der Waals surface area contributed by atoms with Gasteiger partial charge in [0.2, 0.25) is 5.95 Å². The molecule has 0 spiro atoms. The van der Waals surface area contributed by atoms with Crippen molar-refractivity contribution in [2.45, 2.75) is 19.9 Å². The van der Waals surface area contributed by atoms with Crippen molar-refractivity contribution >= 4 is 39.3 Å². The van der Waals surface area contributed by atoms with Crippen LogP contribution in [0.1, 0.15) is 17.4 Å². The molecule has 0 unspecified atom stereocenters. The van der Waals surface area contributed by atoms with E-state index in [2.05, 4.69) is 10.3 Å².